The lowest BCUT2D eigenvalue weighted by Gasteiger charge is -2.29. The summed E-state index contributed by atoms with van der Waals surface area (Å²) in [5.74, 6) is -1.87. The smallest absolute Gasteiger partial charge is 0.534 e. The van der Waals surface area contributed by atoms with Crippen molar-refractivity contribution in [1.29, 1.82) is 0 Å². The molecule has 0 fully saturated rings. The highest BCUT2D eigenvalue weighted by Crippen LogP contribution is 2.36. The first-order valence-corrected chi connectivity index (χ1v) is 8.47. The van der Waals surface area contributed by atoms with Crippen LogP contribution in [0.25, 0.3) is 0 Å². The second-order valence-electron chi connectivity index (χ2n) is 5.58. The average Bonchev–Trinajstić information content (AvgIpc) is 3.07. The van der Waals surface area contributed by atoms with Gasteiger partial charge in [0.25, 0.3) is 0 Å². The van der Waals surface area contributed by atoms with Crippen LogP contribution in [-0.2, 0) is 17.6 Å². The standard InChI is InChI=1S/C16H16BNO6S/c1-23-11-5-4-9-7-12(17(22)24-15(9)14(11)16(20)21)18-13(19)8-10-3-2-6-25-10/h2-6,12,22H,7-8H2,1H3,(H,18,19)(H,20,21). The zero-order valence-corrected chi connectivity index (χ0v) is 14.2. The van der Waals surface area contributed by atoms with Crippen LogP contribution in [0, 0.1) is 0 Å². The quantitative estimate of drug-likeness (QED) is 0.690. The monoisotopic (exact) mass is 361 g/mol. The number of carbonyl (C=O) groups is 2. The molecule has 1 unspecified atom stereocenters. The van der Waals surface area contributed by atoms with Gasteiger partial charge in [0.15, 0.2) is 0 Å². The molecule has 3 N–H and O–H groups in total. The molecule has 1 atom stereocenters. The molecule has 0 radical (unpaired) electrons. The molecule has 3 rings (SSSR count). The van der Waals surface area contributed by atoms with Gasteiger partial charge in [-0.3, -0.25) is 4.79 Å². The van der Waals surface area contributed by atoms with E-state index in [0.29, 0.717) is 5.56 Å². The Balaban J connectivity index is 1.78. The molecule has 130 valence electrons. The SMILES string of the molecule is COc1ccc2c(c1C(=O)O)OB(O)C(NC(=O)Cc1cccs1)C2. The fourth-order valence-corrected chi connectivity index (χ4v) is 3.47. The summed E-state index contributed by atoms with van der Waals surface area (Å²) >= 11 is 1.48. The highest BCUT2D eigenvalue weighted by molar-refractivity contribution is 7.10. The van der Waals surface area contributed by atoms with Crippen LogP contribution < -0.4 is 14.7 Å². The number of carboxylic acids is 1. The Morgan fingerprint density at radius 2 is 2.24 bits per heavy atom. The van der Waals surface area contributed by atoms with Gasteiger partial charge in [-0.15, -0.1) is 11.3 Å². The lowest BCUT2D eigenvalue weighted by molar-refractivity contribution is -0.120. The number of amides is 1. The van der Waals surface area contributed by atoms with Crippen molar-refractivity contribution in [2.24, 2.45) is 0 Å². The molecule has 1 aromatic heterocycles. The molecule has 9 heteroatoms. The second kappa shape index (κ2) is 7.16. The van der Waals surface area contributed by atoms with Crippen LogP contribution in [0.15, 0.2) is 29.6 Å². The first kappa shape index (κ1) is 17.3. The summed E-state index contributed by atoms with van der Waals surface area (Å²) in [6, 6.07) is 6.93. The average molecular weight is 361 g/mol. The van der Waals surface area contributed by atoms with Crippen molar-refractivity contribution in [3.05, 3.63) is 45.6 Å². The molecule has 0 saturated heterocycles. The Hall–Kier alpha value is -2.52. The van der Waals surface area contributed by atoms with Gasteiger partial charge >= 0.3 is 13.1 Å². The third-order valence-corrected chi connectivity index (χ3v) is 4.80. The Morgan fingerprint density at radius 3 is 2.88 bits per heavy atom. The number of rotatable bonds is 5. The van der Waals surface area contributed by atoms with Gasteiger partial charge in [-0.2, -0.15) is 0 Å². The molecule has 0 spiro atoms. The van der Waals surface area contributed by atoms with Crippen LogP contribution in [0.4, 0.5) is 0 Å². The van der Waals surface area contributed by atoms with Gasteiger partial charge in [0.1, 0.15) is 17.1 Å². The number of carbonyl (C=O) groups excluding carboxylic acids is 1. The van der Waals surface area contributed by atoms with Gasteiger partial charge in [0.05, 0.1) is 19.5 Å². The van der Waals surface area contributed by atoms with Gasteiger partial charge in [-0.1, -0.05) is 12.1 Å². The third-order valence-electron chi connectivity index (χ3n) is 3.92. The predicted octanol–water partition coefficient (Wildman–Crippen LogP) is 1.14. The molecule has 0 aliphatic carbocycles. The van der Waals surface area contributed by atoms with Crippen molar-refractivity contribution in [2.45, 2.75) is 18.8 Å². The molecule has 25 heavy (non-hydrogen) atoms. The van der Waals surface area contributed by atoms with Crippen molar-refractivity contribution < 1.29 is 29.1 Å². The lowest BCUT2D eigenvalue weighted by atomic mass is 9.72. The van der Waals surface area contributed by atoms with Gasteiger partial charge in [0, 0.05) is 4.88 Å². The summed E-state index contributed by atoms with van der Waals surface area (Å²) in [5, 5.41) is 24.2. The summed E-state index contributed by atoms with van der Waals surface area (Å²) in [7, 11) is 0.0195. The Morgan fingerprint density at radius 1 is 1.44 bits per heavy atom. The van der Waals surface area contributed by atoms with E-state index >= 15 is 0 Å². The van der Waals surface area contributed by atoms with E-state index in [4.69, 9.17) is 9.39 Å². The molecule has 2 aromatic rings. The molecule has 0 saturated carbocycles. The van der Waals surface area contributed by atoms with Crippen LogP contribution in [0.5, 0.6) is 11.5 Å². The van der Waals surface area contributed by atoms with Crippen molar-refractivity contribution in [2.75, 3.05) is 7.11 Å². The maximum Gasteiger partial charge on any atom is 0.547 e. The molecule has 1 aliphatic rings. The summed E-state index contributed by atoms with van der Waals surface area (Å²) < 4.78 is 10.4. The van der Waals surface area contributed by atoms with Gasteiger partial charge in [-0.25, -0.2) is 4.79 Å². The fourth-order valence-electron chi connectivity index (χ4n) is 2.77. The van der Waals surface area contributed by atoms with Gasteiger partial charge < -0.3 is 24.8 Å². The maximum atomic E-state index is 12.1. The first-order valence-electron chi connectivity index (χ1n) is 7.59. The maximum absolute atomic E-state index is 12.1. The van der Waals surface area contributed by atoms with Gasteiger partial charge in [-0.05, 0) is 29.5 Å². The van der Waals surface area contributed by atoms with E-state index in [1.165, 1.54) is 24.5 Å². The Kier molecular flexibility index (Phi) is 4.96. The molecular formula is C16H16BNO6S. The lowest BCUT2D eigenvalue weighted by Crippen LogP contribution is -2.53. The predicted molar refractivity (Wildman–Crippen MR) is 92.2 cm³/mol. The van der Waals surface area contributed by atoms with E-state index < -0.39 is 19.0 Å². The van der Waals surface area contributed by atoms with E-state index in [2.05, 4.69) is 5.32 Å². The number of hydrogen-bond donors (Lipinski definition) is 3. The van der Waals surface area contributed by atoms with E-state index in [1.807, 2.05) is 17.5 Å². The Labute approximate surface area is 148 Å². The third kappa shape index (κ3) is 3.62. The largest absolute Gasteiger partial charge is 0.547 e. The molecule has 0 bridgehead atoms. The molecule has 2 heterocycles. The molecule has 1 amide bonds. The Bertz CT molecular complexity index is 794. The highest BCUT2D eigenvalue weighted by atomic mass is 32.1. The number of benzene rings is 1. The van der Waals surface area contributed by atoms with E-state index in [-0.39, 0.29) is 35.8 Å². The molecule has 7 nitrogen and oxygen atoms in total. The zero-order valence-electron chi connectivity index (χ0n) is 13.4. The fraction of sp³-hybridized carbons (Fsp3) is 0.250. The number of methoxy groups -OCH3 is 1. The topological polar surface area (TPSA) is 105 Å². The summed E-state index contributed by atoms with van der Waals surface area (Å²) in [5.41, 5.74) is 0.451. The minimum atomic E-state index is -1.34. The summed E-state index contributed by atoms with van der Waals surface area (Å²) in [6.07, 6.45) is 0.480. The van der Waals surface area contributed by atoms with Crippen LogP contribution in [-0.4, -0.2) is 42.2 Å². The van der Waals surface area contributed by atoms with E-state index in [9.17, 15) is 19.7 Å². The van der Waals surface area contributed by atoms with E-state index in [0.717, 1.165) is 4.88 Å². The molecular weight excluding hydrogens is 345 g/mol. The zero-order chi connectivity index (χ0) is 18.0. The normalized spacial score (nSPS) is 15.9. The first-order chi connectivity index (χ1) is 12.0. The van der Waals surface area contributed by atoms with Crippen LogP contribution in [0.3, 0.4) is 0 Å². The van der Waals surface area contributed by atoms with Crippen LogP contribution in [0.2, 0.25) is 0 Å². The number of hydrogen-bond acceptors (Lipinski definition) is 6. The number of carboxylic acid groups (broad SMARTS) is 1. The van der Waals surface area contributed by atoms with Crippen LogP contribution in [0.1, 0.15) is 20.8 Å². The number of ether oxygens (including phenoxy) is 1. The number of nitrogens with one attached hydrogen (secondary N) is 1. The van der Waals surface area contributed by atoms with E-state index in [1.54, 1.807) is 6.07 Å². The van der Waals surface area contributed by atoms with Crippen LogP contribution >= 0.6 is 11.3 Å². The minimum absolute atomic E-state index is 0.0723. The number of fused-ring (bicyclic) bond motifs is 1. The van der Waals surface area contributed by atoms with Crippen molar-refractivity contribution in [3.8, 4) is 11.5 Å². The molecule has 1 aromatic carbocycles. The number of thiophene rings is 1. The summed E-state index contributed by atoms with van der Waals surface area (Å²) in [4.78, 5) is 24.5. The van der Waals surface area contributed by atoms with Gasteiger partial charge in [0.2, 0.25) is 5.91 Å². The summed E-state index contributed by atoms with van der Waals surface area (Å²) in [6.45, 7) is 0. The minimum Gasteiger partial charge on any atom is -0.534 e. The highest BCUT2D eigenvalue weighted by Gasteiger charge is 2.38. The molecule has 1 aliphatic heterocycles. The van der Waals surface area contributed by atoms with Crippen molar-refractivity contribution in [1.82, 2.24) is 5.32 Å². The number of aromatic carboxylic acids is 1. The van der Waals surface area contributed by atoms with Crippen molar-refractivity contribution >= 4 is 30.3 Å². The second-order valence-corrected chi connectivity index (χ2v) is 6.61. The van der Waals surface area contributed by atoms with Crippen molar-refractivity contribution in [3.63, 3.8) is 0 Å².